The number of nitrogens with zero attached hydrogens (tertiary/aromatic N) is 1. The number of allylic oxidation sites excluding steroid dienone is 2. The van der Waals surface area contributed by atoms with E-state index >= 15 is 0 Å². The largest absolute Gasteiger partial charge is 1.00 e. The number of carbonyl (C=O) groups is 1. The molecule has 4 heteroatoms. The number of halogens is 1. The number of quaternary nitrogens is 1. The Morgan fingerprint density at radius 2 is 2.12 bits per heavy atom. The number of carbonyl (C=O) groups excluding carboxylic acids is 1. The lowest BCUT2D eigenvalue weighted by molar-refractivity contribution is -0.923. The first-order chi connectivity index (χ1) is 11.1. The molecule has 3 nitrogen and oxygen atoms in total. The van der Waals surface area contributed by atoms with Gasteiger partial charge in [-0.3, -0.25) is 4.79 Å². The highest BCUT2D eigenvalue weighted by molar-refractivity contribution is 5.84. The van der Waals surface area contributed by atoms with Crippen molar-refractivity contribution in [2.45, 2.75) is 31.2 Å². The zero-order valence-corrected chi connectivity index (χ0v) is 14.9. The molecule has 24 heavy (non-hydrogen) atoms. The fraction of sp³-hybridized carbons (Fsp3) is 0.450. The van der Waals surface area contributed by atoms with E-state index in [1.54, 1.807) is 0 Å². The van der Waals surface area contributed by atoms with Crippen molar-refractivity contribution < 1.29 is 21.7 Å². The van der Waals surface area contributed by atoms with Crippen molar-refractivity contribution in [1.82, 2.24) is 0 Å². The lowest BCUT2D eigenvalue weighted by atomic mass is 9.61. The second kappa shape index (κ2) is 4.96. The van der Waals surface area contributed by atoms with Crippen LogP contribution in [0.3, 0.4) is 0 Å². The van der Waals surface area contributed by atoms with Gasteiger partial charge in [0.25, 0.3) is 0 Å². The fourth-order valence-corrected chi connectivity index (χ4v) is 6.07. The molecule has 4 aliphatic rings. The maximum atomic E-state index is 12.0. The molecule has 2 bridgehead atoms. The molecule has 1 unspecified atom stereocenters. The van der Waals surface area contributed by atoms with Gasteiger partial charge in [-0.15, -0.1) is 0 Å². The number of benzene rings is 1. The first kappa shape index (κ1) is 15.9. The van der Waals surface area contributed by atoms with Crippen LogP contribution in [0.4, 0.5) is 5.69 Å². The third-order valence-electron chi connectivity index (χ3n) is 7.06. The highest BCUT2D eigenvalue weighted by atomic mass is 35.5. The van der Waals surface area contributed by atoms with Gasteiger partial charge >= 0.3 is 0 Å². The van der Waals surface area contributed by atoms with Gasteiger partial charge in [0.1, 0.15) is 18.9 Å². The number of nitrogens with one attached hydrogen (secondary N) is 1. The van der Waals surface area contributed by atoms with Crippen LogP contribution in [0.5, 0.6) is 0 Å². The molecule has 3 aliphatic heterocycles. The number of para-hydroxylation sites is 1. The third-order valence-corrected chi connectivity index (χ3v) is 7.06. The van der Waals surface area contributed by atoms with E-state index < -0.39 is 0 Å². The molecule has 1 spiro atoms. The molecule has 1 aliphatic carbocycles. The Kier molecular flexibility index (Phi) is 3.29. The number of aldehydes is 1. The molecular weight excluding hydrogens is 320 g/mol. The van der Waals surface area contributed by atoms with Crippen LogP contribution in [-0.2, 0) is 10.2 Å². The van der Waals surface area contributed by atoms with Crippen molar-refractivity contribution in [3.8, 4) is 0 Å². The second-order valence-corrected chi connectivity index (χ2v) is 7.87. The summed E-state index contributed by atoms with van der Waals surface area (Å²) in [5.74, 6) is 0.316. The standard InChI is InChI=1S/C20H22N2O.ClH/c1-3-13-11-22(2)9-8-20-16-6-4-5-7-17(16)21-19(20)15(12-23)14(13)10-18(20)22;/h3-7,12,14,18H,8-11H2,1-2H3;1H/b13-3+;/t14-,18-,20+,22?;/m0./s1. The van der Waals surface area contributed by atoms with Crippen LogP contribution in [0.2, 0.25) is 0 Å². The summed E-state index contributed by atoms with van der Waals surface area (Å²) in [7, 11) is 2.42. The Hall–Kier alpha value is -1.58. The minimum atomic E-state index is 0. The topological polar surface area (TPSA) is 29.1 Å². The number of hydrogen-bond donors (Lipinski definition) is 1. The average Bonchev–Trinajstić information content (AvgIpc) is 3.08. The minimum Gasteiger partial charge on any atom is -1.00 e. The Bertz CT molecular complexity index is 799. The lowest BCUT2D eigenvalue weighted by Crippen LogP contribution is -3.00. The Morgan fingerprint density at radius 1 is 1.33 bits per heavy atom. The van der Waals surface area contributed by atoms with Gasteiger partial charge in [-0.05, 0) is 24.1 Å². The van der Waals surface area contributed by atoms with Gasteiger partial charge in [0.05, 0.1) is 19.0 Å². The van der Waals surface area contributed by atoms with E-state index in [1.807, 2.05) is 0 Å². The highest BCUT2D eigenvalue weighted by Crippen LogP contribution is 2.62. The van der Waals surface area contributed by atoms with Crippen LogP contribution in [0.15, 0.2) is 47.2 Å². The summed E-state index contributed by atoms with van der Waals surface area (Å²) >= 11 is 0. The van der Waals surface area contributed by atoms with Crippen LogP contribution in [-0.4, -0.2) is 36.9 Å². The summed E-state index contributed by atoms with van der Waals surface area (Å²) in [5, 5.41) is 3.66. The number of likely N-dealkylation sites (N-methyl/N-ethyl adjacent to an activating group) is 1. The predicted octanol–water partition coefficient (Wildman–Crippen LogP) is 0.00560. The molecule has 0 amide bonds. The molecule has 3 heterocycles. The van der Waals surface area contributed by atoms with E-state index in [0.29, 0.717) is 12.0 Å². The molecule has 0 radical (unpaired) electrons. The van der Waals surface area contributed by atoms with E-state index in [-0.39, 0.29) is 17.8 Å². The Morgan fingerprint density at radius 3 is 2.88 bits per heavy atom. The number of anilines is 1. The molecule has 0 aromatic heterocycles. The van der Waals surface area contributed by atoms with E-state index in [0.717, 1.165) is 35.7 Å². The molecule has 0 saturated carbocycles. The van der Waals surface area contributed by atoms with Crippen molar-refractivity contribution in [2.75, 3.05) is 25.5 Å². The van der Waals surface area contributed by atoms with E-state index in [2.05, 4.69) is 49.6 Å². The summed E-state index contributed by atoms with van der Waals surface area (Å²) in [5.41, 5.74) is 6.35. The third kappa shape index (κ3) is 1.60. The smallest absolute Gasteiger partial charge is 0.148 e. The van der Waals surface area contributed by atoms with Gasteiger partial charge in [-0.1, -0.05) is 24.3 Å². The molecule has 5 rings (SSSR count). The van der Waals surface area contributed by atoms with E-state index in [1.165, 1.54) is 29.1 Å². The number of fused-ring (bicyclic) bond motifs is 2. The quantitative estimate of drug-likeness (QED) is 0.442. The summed E-state index contributed by atoms with van der Waals surface area (Å²) in [6.45, 7) is 4.42. The molecule has 1 N–H and O–H groups in total. The molecule has 1 aromatic carbocycles. The Labute approximate surface area is 149 Å². The van der Waals surface area contributed by atoms with Crippen molar-refractivity contribution in [1.29, 1.82) is 0 Å². The number of piperidine rings is 1. The van der Waals surface area contributed by atoms with Crippen LogP contribution in [0.1, 0.15) is 25.3 Å². The molecule has 126 valence electrons. The molecule has 4 atom stereocenters. The van der Waals surface area contributed by atoms with Crippen LogP contribution in [0, 0.1) is 5.92 Å². The van der Waals surface area contributed by atoms with Crippen molar-refractivity contribution in [2.24, 2.45) is 5.92 Å². The van der Waals surface area contributed by atoms with Crippen LogP contribution >= 0.6 is 0 Å². The maximum Gasteiger partial charge on any atom is 0.148 e. The monoisotopic (exact) mass is 342 g/mol. The first-order valence-electron chi connectivity index (χ1n) is 8.70. The lowest BCUT2D eigenvalue weighted by Gasteiger charge is -2.51. The van der Waals surface area contributed by atoms with Gasteiger partial charge in [0.2, 0.25) is 0 Å². The summed E-state index contributed by atoms with van der Waals surface area (Å²) < 4.78 is 1.13. The second-order valence-electron chi connectivity index (χ2n) is 7.87. The van der Waals surface area contributed by atoms with E-state index in [9.17, 15) is 4.79 Å². The average molecular weight is 343 g/mol. The number of hydrogen-bond acceptors (Lipinski definition) is 2. The maximum absolute atomic E-state index is 12.0. The van der Waals surface area contributed by atoms with Crippen molar-refractivity contribution in [3.05, 3.63) is 52.7 Å². The minimum absolute atomic E-state index is 0. The predicted molar refractivity (Wildman–Crippen MR) is 91.0 cm³/mol. The Balaban J connectivity index is 0.00000146. The van der Waals surface area contributed by atoms with E-state index in [4.69, 9.17) is 0 Å². The number of rotatable bonds is 1. The summed E-state index contributed by atoms with van der Waals surface area (Å²) in [6.07, 6.45) is 5.65. The summed E-state index contributed by atoms with van der Waals surface area (Å²) in [6, 6.07) is 9.27. The zero-order chi connectivity index (χ0) is 15.8. The first-order valence-corrected chi connectivity index (χ1v) is 8.70. The van der Waals surface area contributed by atoms with Gasteiger partial charge in [-0.25, -0.2) is 0 Å². The SMILES string of the molecule is C/C=C1\C[N+]2(C)CC[C@]34C(=C(C=O)[C@H]1C[C@@H]32)Nc1ccccc14.[Cl-]. The fourth-order valence-electron chi connectivity index (χ4n) is 6.07. The van der Waals surface area contributed by atoms with Crippen LogP contribution < -0.4 is 17.7 Å². The van der Waals surface area contributed by atoms with Gasteiger partial charge in [-0.2, -0.15) is 0 Å². The zero-order valence-electron chi connectivity index (χ0n) is 14.2. The van der Waals surface area contributed by atoms with Crippen LogP contribution in [0.25, 0.3) is 0 Å². The normalized spacial score (nSPS) is 39.8. The summed E-state index contributed by atoms with van der Waals surface area (Å²) in [4.78, 5) is 12.0. The van der Waals surface area contributed by atoms with Crippen molar-refractivity contribution >= 4 is 12.0 Å². The molecule has 2 saturated heterocycles. The molecular formula is C20H23ClN2O. The highest BCUT2D eigenvalue weighted by Gasteiger charge is 2.67. The van der Waals surface area contributed by atoms with Crippen molar-refractivity contribution in [3.63, 3.8) is 0 Å². The van der Waals surface area contributed by atoms with Gasteiger partial charge in [0, 0.05) is 35.7 Å². The molecule has 2 fully saturated rings. The molecule has 1 aromatic rings. The van der Waals surface area contributed by atoms with Gasteiger partial charge < -0.3 is 22.2 Å². The van der Waals surface area contributed by atoms with Gasteiger partial charge in [0.15, 0.2) is 0 Å².